The highest BCUT2D eigenvalue weighted by atomic mass is 16.6. The number of aliphatic hydroxyl groups excluding tert-OH is 1. The number of nitrogens with zero attached hydrogens (tertiary/aromatic N) is 7. The maximum atomic E-state index is 14.2. The highest BCUT2D eigenvalue weighted by Gasteiger charge is 2.36. The Morgan fingerprint density at radius 2 is 1.10 bits per heavy atom. The smallest absolute Gasteiger partial charge is 0.338 e. The molecule has 0 saturated heterocycles. The fraction of sp³-hybridized carbons (Fsp3) is 0.237. The summed E-state index contributed by atoms with van der Waals surface area (Å²) in [4.78, 5) is 120. The van der Waals surface area contributed by atoms with Crippen molar-refractivity contribution in [2.75, 3.05) is 23.9 Å². The van der Waals surface area contributed by atoms with Crippen LogP contribution in [0, 0.1) is 10.1 Å². The summed E-state index contributed by atoms with van der Waals surface area (Å²) in [6, 6.07) is 12.0. The number of aliphatic hydroxyl groups is 1. The molecular weight excluding hydrogens is 943 g/mol. The third-order valence-electron chi connectivity index (χ3n) is 9.11. The van der Waals surface area contributed by atoms with Crippen molar-refractivity contribution in [2.24, 2.45) is 71.6 Å². The monoisotopic (exact) mass is 993 g/mol. The van der Waals surface area contributed by atoms with Crippen molar-refractivity contribution in [3.63, 3.8) is 0 Å². The van der Waals surface area contributed by atoms with Gasteiger partial charge in [-0.25, -0.2) is 24.8 Å². The summed E-state index contributed by atoms with van der Waals surface area (Å²) in [5.74, 6) is -13.5. The fourth-order valence-corrected chi connectivity index (χ4v) is 5.91. The number of rotatable bonds is 23. The topological polar surface area (TPSA) is 574 Å². The number of aliphatic imine (C=N–C) groups is 4. The van der Waals surface area contributed by atoms with Crippen molar-refractivity contribution in [3.05, 3.63) is 93.5 Å². The molecular formula is C38H51N21O12. The van der Waals surface area contributed by atoms with Crippen LogP contribution in [-0.2, 0) is 35.3 Å². The number of carbonyl (C=O) groups is 7. The van der Waals surface area contributed by atoms with Crippen molar-refractivity contribution in [1.82, 2.24) is 26.6 Å². The third-order valence-corrected chi connectivity index (χ3v) is 9.11. The van der Waals surface area contributed by atoms with E-state index in [4.69, 9.17) is 51.6 Å². The van der Waals surface area contributed by atoms with Gasteiger partial charge in [-0.2, -0.15) is 0 Å². The number of carboxylic acids is 1. The summed E-state index contributed by atoms with van der Waals surface area (Å²) in [6.45, 7) is -0.616. The second kappa shape index (κ2) is 24.5. The number of nitrogens with two attached hydrogens (primary N) is 9. The number of primary amides is 1. The minimum absolute atomic E-state index is 0.0142. The molecule has 0 spiro atoms. The molecule has 6 amide bonds. The van der Waals surface area contributed by atoms with Crippen LogP contribution in [0.3, 0.4) is 0 Å². The number of phenols is 1. The number of carboxylic acid groups (broad SMARTS) is 1. The lowest BCUT2D eigenvalue weighted by atomic mass is 10.1. The maximum Gasteiger partial charge on any atom is 0.338 e. The van der Waals surface area contributed by atoms with E-state index in [-0.39, 0.29) is 16.9 Å². The van der Waals surface area contributed by atoms with Crippen molar-refractivity contribution in [1.29, 1.82) is 0 Å². The van der Waals surface area contributed by atoms with Crippen molar-refractivity contribution < 1.29 is 53.8 Å². The van der Waals surface area contributed by atoms with Crippen molar-refractivity contribution in [2.45, 2.75) is 43.5 Å². The number of hydrogen-bond acceptors (Lipinski definition) is 17. The predicted molar refractivity (Wildman–Crippen MR) is 252 cm³/mol. The van der Waals surface area contributed by atoms with E-state index in [1.165, 1.54) is 42.5 Å². The summed E-state index contributed by atoms with van der Waals surface area (Å²) >= 11 is 0. The lowest BCUT2D eigenvalue weighted by Crippen LogP contribution is -2.58. The van der Waals surface area contributed by atoms with E-state index in [0.29, 0.717) is 11.8 Å². The van der Waals surface area contributed by atoms with Gasteiger partial charge in [0, 0.05) is 50.1 Å². The second-order valence-electron chi connectivity index (χ2n) is 14.6. The van der Waals surface area contributed by atoms with Crippen LogP contribution in [0.15, 0.2) is 86.7 Å². The zero-order valence-corrected chi connectivity index (χ0v) is 37.4. The molecule has 0 fully saturated rings. The number of aromatic hydroxyl groups is 1. The highest BCUT2D eigenvalue weighted by Crippen LogP contribution is 2.32. The number of nitrogens with one attached hydrogen (secondary N) is 5. The van der Waals surface area contributed by atoms with Crippen LogP contribution < -0.4 is 88.0 Å². The average Bonchev–Trinajstić information content (AvgIpc) is 3.28. The molecule has 0 bridgehead atoms. The molecule has 71 heavy (non-hydrogen) atoms. The van der Waals surface area contributed by atoms with E-state index < -0.39 is 131 Å². The van der Waals surface area contributed by atoms with E-state index >= 15 is 0 Å². The minimum Gasteiger partial charge on any atom is -0.508 e. The van der Waals surface area contributed by atoms with Gasteiger partial charge in [0.25, 0.3) is 35.2 Å². The molecule has 3 aromatic carbocycles. The summed E-state index contributed by atoms with van der Waals surface area (Å²) in [5.41, 5.74) is 47.4. The average molecular weight is 994 g/mol. The molecule has 3 rings (SSSR count). The third kappa shape index (κ3) is 16.0. The lowest BCUT2D eigenvalue weighted by molar-refractivity contribution is -0.384. The molecule has 3 aromatic rings. The van der Waals surface area contributed by atoms with E-state index in [1.54, 1.807) is 25.1 Å². The van der Waals surface area contributed by atoms with E-state index in [2.05, 4.69) is 30.6 Å². The molecule has 0 aliphatic carbocycles. The van der Waals surface area contributed by atoms with Crippen molar-refractivity contribution in [3.8, 4) is 5.75 Å². The molecule has 6 atom stereocenters. The van der Waals surface area contributed by atoms with Crippen LogP contribution in [-0.4, -0.2) is 130 Å². The number of carbonyl (C=O) groups excluding carboxylic acids is 6. The first kappa shape index (κ1) is 55.1. The Hall–Kier alpha value is -10.2. The van der Waals surface area contributed by atoms with Gasteiger partial charge in [-0.05, 0) is 17.7 Å². The Kier molecular flexibility index (Phi) is 19.0. The minimum atomic E-state index is -2.45. The Labute approximate surface area is 400 Å². The number of non-ortho nitro benzene ring substituents is 1. The number of nitro benzene ring substituents is 1. The number of nitro groups is 1. The molecule has 33 nitrogen and oxygen atoms in total. The normalized spacial score (nSPS) is 13.0. The summed E-state index contributed by atoms with van der Waals surface area (Å²) in [6.07, 6.45) is -10.9. The number of anilines is 2. The molecule has 0 saturated carbocycles. The molecule has 6 unspecified atom stereocenters. The Balaban J connectivity index is 2.04. The summed E-state index contributed by atoms with van der Waals surface area (Å²) < 4.78 is 0. The van der Waals surface area contributed by atoms with Gasteiger partial charge in [-0.15, -0.1) is 0 Å². The summed E-state index contributed by atoms with van der Waals surface area (Å²) in [7, 11) is 3.36. The van der Waals surface area contributed by atoms with Gasteiger partial charge in [0.15, 0.2) is 23.8 Å². The van der Waals surface area contributed by atoms with Gasteiger partial charge in [-0.3, -0.25) is 38.9 Å². The van der Waals surface area contributed by atoms with E-state index in [9.17, 15) is 59.0 Å². The fourth-order valence-electron chi connectivity index (χ4n) is 5.91. The Bertz CT molecular complexity index is 2630. The van der Waals surface area contributed by atoms with Gasteiger partial charge in [0.05, 0.1) is 16.2 Å². The van der Waals surface area contributed by atoms with Crippen LogP contribution in [0.5, 0.6) is 5.75 Å². The zero-order valence-electron chi connectivity index (χ0n) is 37.4. The molecule has 0 aliphatic rings. The molecule has 33 heteroatoms. The van der Waals surface area contributed by atoms with Crippen LogP contribution in [0.1, 0.15) is 27.5 Å². The number of guanidine groups is 4. The first-order chi connectivity index (χ1) is 33.2. The Morgan fingerprint density at radius 3 is 1.52 bits per heavy atom. The van der Waals surface area contributed by atoms with Crippen LogP contribution in [0.25, 0.3) is 0 Å². The molecule has 0 radical (unpaired) electrons. The van der Waals surface area contributed by atoms with Gasteiger partial charge >= 0.3 is 5.97 Å². The first-order valence-electron chi connectivity index (χ1n) is 19.9. The standard InChI is InChI=1S/C38H51N21O12/c1-57(2)17-9-8-16(21(60)13-17)14-58(20-11-10-18(59(70)71)12-19(20)34(68)69)33(67)32(66)48-22(15-6-4-3-5-7-15)28(62)50-25(54-36(42)43)30(64)52-27(56-38(46)47)31(65)51-26(55-37(44)45)29(63)49-24(23(39)61)53-35(40)41/h3-13,22,24-27,33,60,67H,14H2,1-2H3,(H2,39,61)(H,48,66)(H,49,63)(H,50,62)(H,51,65)(H,52,64)(H,68,69)(H4,40,41,53)(H4,42,43,54)(H4,44,45,55)(H4,46,47,56). The predicted octanol–water partition coefficient (Wildman–Crippen LogP) is -7.40. The first-order valence-corrected chi connectivity index (χ1v) is 19.9. The summed E-state index contributed by atoms with van der Waals surface area (Å²) in [5, 5.41) is 54.8. The second-order valence-corrected chi connectivity index (χ2v) is 14.6. The number of benzene rings is 3. The van der Waals surface area contributed by atoms with Gasteiger partial charge in [0.2, 0.25) is 36.8 Å². The van der Waals surface area contributed by atoms with Gasteiger partial charge in [0.1, 0.15) is 11.8 Å². The lowest BCUT2D eigenvalue weighted by Gasteiger charge is -2.32. The number of phenolic OH excluding ortho intramolecular Hbond substituents is 1. The molecule has 380 valence electrons. The van der Waals surface area contributed by atoms with E-state index in [1.807, 2.05) is 16.0 Å². The maximum absolute atomic E-state index is 14.2. The number of amides is 6. The molecule has 0 aliphatic heterocycles. The van der Waals surface area contributed by atoms with Crippen molar-refractivity contribution >= 4 is 82.3 Å². The van der Waals surface area contributed by atoms with E-state index in [0.717, 1.165) is 17.0 Å². The quantitative estimate of drug-likeness (QED) is 0.0138. The van der Waals surface area contributed by atoms with Crippen LogP contribution in [0.2, 0.25) is 0 Å². The van der Waals surface area contributed by atoms with Gasteiger partial charge in [-0.1, -0.05) is 36.4 Å². The van der Waals surface area contributed by atoms with Crippen LogP contribution >= 0.6 is 0 Å². The molecule has 0 aromatic heterocycles. The Morgan fingerprint density at radius 1 is 0.634 bits per heavy atom. The van der Waals surface area contributed by atoms with Crippen LogP contribution in [0.4, 0.5) is 17.1 Å². The van der Waals surface area contributed by atoms with Gasteiger partial charge < -0.3 is 103 Å². The zero-order chi connectivity index (χ0) is 53.4. The largest absolute Gasteiger partial charge is 0.508 e. The number of hydrogen-bond donors (Lipinski definition) is 17. The SMILES string of the molecule is CN(C)c1ccc(CN(c2ccc([N+](=O)[O-])cc2C(=O)O)C(O)C(=O)NC(C(=O)NC(N=C(N)N)C(=O)NC(N=C(N)N)C(=O)NC(N=C(N)N)C(=O)NC(N=C(N)N)C(N)=O)c2ccccc2)c(O)c1. The molecule has 26 N–H and O–H groups in total. The highest BCUT2D eigenvalue weighted by molar-refractivity contribution is 6.00. The number of aromatic carboxylic acids is 1. The molecule has 0 heterocycles.